The van der Waals surface area contributed by atoms with Gasteiger partial charge >= 0.3 is 5.97 Å². The van der Waals surface area contributed by atoms with Crippen molar-refractivity contribution >= 4 is 17.7 Å². The van der Waals surface area contributed by atoms with Crippen LogP contribution in [-0.2, 0) is 9.53 Å². The number of nitrogens with two attached hydrogens (primary N) is 1. The van der Waals surface area contributed by atoms with Crippen LogP contribution in [0.3, 0.4) is 0 Å². The van der Waals surface area contributed by atoms with Gasteiger partial charge in [-0.25, -0.2) is 4.79 Å². The number of hydrogen-bond donors (Lipinski definition) is 1. The zero-order chi connectivity index (χ0) is 10.6. The van der Waals surface area contributed by atoms with Gasteiger partial charge in [0.1, 0.15) is 0 Å². The highest BCUT2D eigenvalue weighted by molar-refractivity contribution is 5.87. The first-order valence-electron chi connectivity index (χ1n) is 4.11. The maximum absolute atomic E-state index is 10.8. The number of rotatable bonds is 2. The lowest BCUT2D eigenvalue weighted by molar-refractivity contribution is -0.134. The summed E-state index contributed by atoms with van der Waals surface area (Å²) in [5.74, 6) is -0.424. The molecule has 2 N–H and O–H groups in total. The number of anilines is 1. The monoisotopic (exact) mass is 192 g/mol. The largest absolute Gasteiger partial charge is 0.466 e. The fraction of sp³-hybridized carbons (Fsp3) is 0.200. The van der Waals surface area contributed by atoms with Crippen molar-refractivity contribution in [3.8, 4) is 0 Å². The van der Waals surface area contributed by atoms with E-state index in [-0.39, 0.29) is 0 Å². The van der Waals surface area contributed by atoms with E-state index in [1.807, 2.05) is 6.92 Å². The third kappa shape index (κ3) is 2.58. The highest BCUT2D eigenvalue weighted by Crippen LogP contribution is 2.11. The molecule has 1 aromatic rings. The number of aryl methyl sites for hydroxylation is 1. The normalized spacial score (nSPS) is 10.4. The van der Waals surface area contributed by atoms with Crippen LogP contribution in [-0.4, -0.2) is 18.1 Å². The van der Waals surface area contributed by atoms with Gasteiger partial charge in [-0.15, -0.1) is 0 Å². The van der Waals surface area contributed by atoms with Crippen LogP contribution in [0.1, 0.15) is 11.3 Å². The summed E-state index contributed by atoms with van der Waals surface area (Å²) in [6, 6.07) is 1.80. The maximum Gasteiger partial charge on any atom is 0.330 e. The number of carbonyl (C=O) groups excluding carboxylic acids is 1. The molecule has 14 heavy (non-hydrogen) atoms. The predicted octanol–water partition coefficient (Wildman–Crippen LogP) is 1.16. The first kappa shape index (κ1) is 10.2. The van der Waals surface area contributed by atoms with Crippen molar-refractivity contribution in [1.82, 2.24) is 4.98 Å². The molecule has 0 amide bonds. The first-order chi connectivity index (χ1) is 6.63. The second-order valence-corrected chi connectivity index (χ2v) is 2.84. The van der Waals surface area contributed by atoms with Crippen molar-refractivity contribution < 1.29 is 9.53 Å². The third-order valence-corrected chi connectivity index (χ3v) is 1.66. The van der Waals surface area contributed by atoms with E-state index in [1.54, 1.807) is 12.3 Å². The second-order valence-electron chi connectivity index (χ2n) is 2.84. The number of nitrogen functional groups attached to an aromatic ring is 1. The highest BCUT2D eigenvalue weighted by Gasteiger charge is 1.98. The summed E-state index contributed by atoms with van der Waals surface area (Å²) in [5.41, 5.74) is 7.78. The smallest absolute Gasteiger partial charge is 0.330 e. The molecule has 0 aromatic carbocycles. The van der Waals surface area contributed by atoms with Gasteiger partial charge in [-0.1, -0.05) is 0 Å². The van der Waals surface area contributed by atoms with Crippen molar-refractivity contribution in [3.63, 3.8) is 0 Å². The van der Waals surface area contributed by atoms with E-state index in [0.717, 1.165) is 5.56 Å². The number of carbonyl (C=O) groups is 1. The number of pyridine rings is 1. The quantitative estimate of drug-likeness (QED) is 0.564. The van der Waals surface area contributed by atoms with E-state index in [2.05, 4.69) is 9.72 Å². The Morgan fingerprint density at radius 2 is 2.36 bits per heavy atom. The minimum Gasteiger partial charge on any atom is -0.466 e. The third-order valence-electron chi connectivity index (χ3n) is 1.66. The van der Waals surface area contributed by atoms with Crippen LogP contribution in [0.15, 0.2) is 18.3 Å². The molecule has 74 valence electrons. The first-order valence-corrected chi connectivity index (χ1v) is 4.11. The molecule has 0 bridgehead atoms. The number of hydrogen-bond acceptors (Lipinski definition) is 4. The molecule has 0 aliphatic carbocycles. The molecule has 0 radical (unpaired) electrons. The number of esters is 1. The Hall–Kier alpha value is -1.84. The zero-order valence-electron chi connectivity index (χ0n) is 8.15. The molecule has 4 heteroatoms. The Morgan fingerprint density at radius 1 is 1.64 bits per heavy atom. The van der Waals surface area contributed by atoms with E-state index < -0.39 is 5.97 Å². The molecular formula is C10H12N2O2. The van der Waals surface area contributed by atoms with Gasteiger partial charge in [-0.2, -0.15) is 0 Å². The Morgan fingerprint density at radius 3 is 2.93 bits per heavy atom. The van der Waals surface area contributed by atoms with Gasteiger partial charge in [0, 0.05) is 12.3 Å². The Balaban J connectivity index is 2.87. The predicted molar refractivity (Wildman–Crippen MR) is 54.4 cm³/mol. The lowest BCUT2D eigenvalue weighted by atomic mass is 10.2. The van der Waals surface area contributed by atoms with Crippen LogP contribution in [0.5, 0.6) is 0 Å². The van der Waals surface area contributed by atoms with Gasteiger partial charge in [0.2, 0.25) is 0 Å². The molecule has 0 atom stereocenters. The van der Waals surface area contributed by atoms with Crippen LogP contribution in [0.2, 0.25) is 0 Å². The number of aromatic nitrogens is 1. The van der Waals surface area contributed by atoms with Crippen molar-refractivity contribution in [2.75, 3.05) is 12.8 Å². The minimum atomic E-state index is -0.424. The van der Waals surface area contributed by atoms with Crippen LogP contribution in [0.4, 0.5) is 5.69 Å². The Labute approximate surface area is 82.4 Å². The van der Waals surface area contributed by atoms with Crippen LogP contribution < -0.4 is 5.73 Å². The van der Waals surface area contributed by atoms with E-state index in [0.29, 0.717) is 11.4 Å². The zero-order valence-corrected chi connectivity index (χ0v) is 8.15. The topological polar surface area (TPSA) is 65.2 Å². The van der Waals surface area contributed by atoms with Gasteiger partial charge < -0.3 is 10.5 Å². The Bertz CT molecular complexity index is 372. The summed E-state index contributed by atoms with van der Waals surface area (Å²) < 4.78 is 4.44. The lowest BCUT2D eigenvalue weighted by Crippen LogP contribution is -1.96. The summed E-state index contributed by atoms with van der Waals surface area (Å²) in [7, 11) is 1.32. The van der Waals surface area contributed by atoms with Crippen LogP contribution in [0.25, 0.3) is 6.08 Å². The van der Waals surface area contributed by atoms with Gasteiger partial charge in [0.05, 0.1) is 18.5 Å². The van der Waals surface area contributed by atoms with Crippen molar-refractivity contribution in [1.29, 1.82) is 0 Å². The fourth-order valence-corrected chi connectivity index (χ4v) is 0.957. The second kappa shape index (κ2) is 4.41. The van der Waals surface area contributed by atoms with Crippen LogP contribution in [0, 0.1) is 6.92 Å². The average molecular weight is 192 g/mol. The van der Waals surface area contributed by atoms with Gasteiger partial charge in [-0.05, 0) is 24.6 Å². The molecule has 0 aliphatic heterocycles. The molecular weight excluding hydrogens is 180 g/mol. The molecule has 0 saturated carbocycles. The standard InChI is InChI=1S/C10H12N2O2/c1-7-5-8(11)9(12-6-7)3-4-10(13)14-2/h3-6H,11H2,1-2H3. The van der Waals surface area contributed by atoms with Crippen LogP contribution >= 0.6 is 0 Å². The minimum absolute atomic E-state index is 0.424. The fourth-order valence-electron chi connectivity index (χ4n) is 0.957. The Kier molecular flexibility index (Phi) is 3.23. The summed E-state index contributed by atoms with van der Waals surface area (Å²) in [6.45, 7) is 1.90. The summed E-state index contributed by atoms with van der Waals surface area (Å²) in [5, 5.41) is 0. The molecule has 1 aromatic heterocycles. The number of ether oxygens (including phenoxy) is 1. The molecule has 1 heterocycles. The van der Waals surface area contributed by atoms with Crippen molar-refractivity contribution in [2.45, 2.75) is 6.92 Å². The average Bonchev–Trinajstić information content (AvgIpc) is 2.16. The summed E-state index contributed by atoms with van der Waals surface area (Å²) >= 11 is 0. The molecule has 0 spiro atoms. The number of methoxy groups -OCH3 is 1. The molecule has 0 saturated heterocycles. The maximum atomic E-state index is 10.8. The molecule has 0 aliphatic rings. The summed E-state index contributed by atoms with van der Waals surface area (Å²) in [6.07, 6.45) is 4.50. The molecule has 0 unspecified atom stereocenters. The van der Waals surface area contributed by atoms with Gasteiger partial charge in [-0.3, -0.25) is 4.98 Å². The van der Waals surface area contributed by atoms with E-state index >= 15 is 0 Å². The summed E-state index contributed by atoms with van der Waals surface area (Å²) in [4.78, 5) is 14.9. The molecule has 1 rings (SSSR count). The number of nitrogens with zero attached hydrogens (tertiary/aromatic N) is 1. The molecule has 0 fully saturated rings. The van der Waals surface area contributed by atoms with E-state index in [9.17, 15) is 4.79 Å². The SMILES string of the molecule is COC(=O)C=Cc1ncc(C)cc1N. The van der Waals surface area contributed by atoms with E-state index in [1.165, 1.54) is 19.3 Å². The van der Waals surface area contributed by atoms with Crippen molar-refractivity contribution in [2.24, 2.45) is 0 Å². The highest BCUT2D eigenvalue weighted by atomic mass is 16.5. The van der Waals surface area contributed by atoms with E-state index in [4.69, 9.17) is 5.73 Å². The molecule has 4 nitrogen and oxygen atoms in total. The van der Waals surface area contributed by atoms with Crippen molar-refractivity contribution in [3.05, 3.63) is 29.6 Å². The van der Waals surface area contributed by atoms with Gasteiger partial charge in [0.15, 0.2) is 0 Å². The lowest BCUT2D eigenvalue weighted by Gasteiger charge is -1.99. The van der Waals surface area contributed by atoms with Gasteiger partial charge in [0.25, 0.3) is 0 Å².